The quantitative estimate of drug-likeness (QED) is 0.564. The SMILES string of the molecule is COc1cc(C)c([C@H](C)NC(=O)CN(c2cc(Cl)ccc2Cl)S(C)(=O)=O)cc1C(C)C. The Hall–Kier alpha value is -1.96. The van der Waals surface area contributed by atoms with Crippen LogP contribution in [0.1, 0.15) is 49.4 Å². The van der Waals surface area contributed by atoms with E-state index in [1.807, 2.05) is 26.0 Å². The monoisotopic (exact) mass is 486 g/mol. The number of ether oxygens (including phenoxy) is 1. The number of hydrogen-bond donors (Lipinski definition) is 1. The van der Waals surface area contributed by atoms with Gasteiger partial charge < -0.3 is 10.1 Å². The topological polar surface area (TPSA) is 75.7 Å². The summed E-state index contributed by atoms with van der Waals surface area (Å²) in [6.07, 6.45) is 1.02. The maximum atomic E-state index is 12.8. The van der Waals surface area contributed by atoms with Crippen LogP contribution in [0.15, 0.2) is 30.3 Å². The van der Waals surface area contributed by atoms with Crippen molar-refractivity contribution in [3.05, 3.63) is 57.1 Å². The van der Waals surface area contributed by atoms with Crippen molar-refractivity contribution in [2.75, 3.05) is 24.2 Å². The molecule has 2 aromatic carbocycles. The first-order chi connectivity index (χ1) is 14.3. The third kappa shape index (κ3) is 6.28. The lowest BCUT2D eigenvalue weighted by Crippen LogP contribution is -2.41. The minimum Gasteiger partial charge on any atom is -0.496 e. The van der Waals surface area contributed by atoms with E-state index in [-0.39, 0.29) is 22.7 Å². The zero-order valence-electron chi connectivity index (χ0n) is 18.5. The Morgan fingerprint density at radius 1 is 1.13 bits per heavy atom. The van der Waals surface area contributed by atoms with Crippen molar-refractivity contribution >= 4 is 44.8 Å². The van der Waals surface area contributed by atoms with Crippen molar-refractivity contribution in [3.63, 3.8) is 0 Å². The number of hydrogen-bond acceptors (Lipinski definition) is 4. The molecule has 0 saturated heterocycles. The largest absolute Gasteiger partial charge is 0.496 e. The molecule has 9 heteroatoms. The van der Waals surface area contributed by atoms with Gasteiger partial charge in [-0.2, -0.15) is 0 Å². The molecule has 0 aliphatic carbocycles. The molecule has 0 aliphatic heterocycles. The second-order valence-corrected chi connectivity index (χ2v) is 10.5. The number of methoxy groups -OCH3 is 1. The first-order valence-electron chi connectivity index (χ1n) is 9.75. The van der Waals surface area contributed by atoms with Gasteiger partial charge in [-0.05, 0) is 66.8 Å². The van der Waals surface area contributed by atoms with Gasteiger partial charge in [0.2, 0.25) is 15.9 Å². The van der Waals surface area contributed by atoms with Gasteiger partial charge in [-0.25, -0.2) is 8.42 Å². The van der Waals surface area contributed by atoms with Crippen molar-refractivity contribution in [1.29, 1.82) is 0 Å². The molecule has 0 radical (unpaired) electrons. The summed E-state index contributed by atoms with van der Waals surface area (Å²) in [5.74, 6) is 0.576. The summed E-state index contributed by atoms with van der Waals surface area (Å²) < 4.78 is 31.1. The number of nitrogens with one attached hydrogen (secondary N) is 1. The zero-order valence-corrected chi connectivity index (χ0v) is 20.8. The van der Waals surface area contributed by atoms with Gasteiger partial charge in [0.15, 0.2) is 0 Å². The highest BCUT2D eigenvalue weighted by molar-refractivity contribution is 7.92. The number of carbonyl (C=O) groups excluding carboxylic acids is 1. The average Bonchev–Trinajstić information content (AvgIpc) is 2.66. The summed E-state index contributed by atoms with van der Waals surface area (Å²) in [4.78, 5) is 12.8. The number of sulfonamides is 1. The number of rotatable bonds is 8. The molecule has 0 saturated carbocycles. The van der Waals surface area contributed by atoms with E-state index in [0.29, 0.717) is 5.02 Å². The van der Waals surface area contributed by atoms with Crippen molar-refractivity contribution in [2.45, 2.75) is 39.7 Å². The van der Waals surface area contributed by atoms with Gasteiger partial charge in [0.1, 0.15) is 12.3 Å². The van der Waals surface area contributed by atoms with E-state index in [2.05, 4.69) is 19.2 Å². The van der Waals surface area contributed by atoms with Gasteiger partial charge in [0.25, 0.3) is 0 Å². The fourth-order valence-electron chi connectivity index (χ4n) is 3.36. The van der Waals surface area contributed by atoms with E-state index in [9.17, 15) is 13.2 Å². The molecule has 31 heavy (non-hydrogen) atoms. The predicted octanol–water partition coefficient (Wildman–Crippen LogP) is 5.08. The molecule has 2 rings (SSSR count). The number of benzene rings is 2. The van der Waals surface area contributed by atoms with Crippen LogP contribution < -0.4 is 14.4 Å². The highest BCUT2D eigenvalue weighted by atomic mass is 35.5. The molecule has 1 amide bonds. The average molecular weight is 487 g/mol. The maximum Gasteiger partial charge on any atom is 0.241 e. The zero-order chi connectivity index (χ0) is 23.5. The molecule has 0 aromatic heterocycles. The molecular weight excluding hydrogens is 459 g/mol. The summed E-state index contributed by atoms with van der Waals surface area (Å²) in [6.45, 7) is 7.51. The number of aryl methyl sites for hydroxylation is 1. The molecule has 0 heterocycles. The fourth-order valence-corrected chi connectivity index (χ4v) is 4.66. The summed E-state index contributed by atoms with van der Waals surface area (Å²) in [5.41, 5.74) is 3.09. The number of amides is 1. The van der Waals surface area contributed by atoms with Crippen molar-refractivity contribution in [1.82, 2.24) is 5.32 Å². The molecule has 6 nitrogen and oxygen atoms in total. The normalized spacial score (nSPS) is 12.5. The van der Waals surface area contributed by atoms with Crippen molar-refractivity contribution in [2.24, 2.45) is 0 Å². The third-order valence-corrected chi connectivity index (χ3v) is 6.63. The van der Waals surface area contributed by atoms with Gasteiger partial charge in [-0.3, -0.25) is 9.10 Å². The first-order valence-corrected chi connectivity index (χ1v) is 12.4. The molecule has 0 aliphatic rings. The molecule has 0 fully saturated rings. The minimum absolute atomic E-state index is 0.155. The van der Waals surface area contributed by atoms with Crippen LogP contribution in [0, 0.1) is 6.92 Å². The minimum atomic E-state index is -3.77. The number of halogens is 2. The van der Waals surface area contributed by atoms with Crippen LogP contribution >= 0.6 is 23.2 Å². The van der Waals surface area contributed by atoms with E-state index in [0.717, 1.165) is 33.0 Å². The van der Waals surface area contributed by atoms with Gasteiger partial charge in [-0.1, -0.05) is 37.0 Å². The van der Waals surface area contributed by atoms with E-state index in [4.69, 9.17) is 27.9 Å². The molecule has 0 bridgehead atoms. The maximum absolute atomic E-state index is 12.8. The lowest BCUT2D eigenvalue weighted by atomic mass is 9.93. The second kappa shape index (κ2) is 10.1. The first kappa shape index (κ1) is 25.3. The van der Waals surface area contributed by atoms with Gasteiger partial charge in [0.05, 0.1) is 30.1 Å². The summed E-state index contributed by atoms with van der Waals surface area (Å²) in [7, 11) is -2.14. The highest BCUT2D eigenvalue weighted by Gasteiger charge is 2.25. The fraction of sp³-hybridized carbons (Fsp3) is 0.409. The van der Waals surface area contributed by atoms with Crippen LogP contribution in [0.2, 0.25) is 10.0 Å². The van der Waals surface area contributed by atoms with Crippen LogP contribution in [0.3, 0.4) is 0 Å². The highest BCUT2D eigenvalue weighted by Crippen LogP contribution is 2.33. The van der Waals surface area contributed by atoms with Crippen LogP contribution in [-0.2, 0) is 14.8 Å². The van der Waals surface area contributed by atoms with E-state index in [1.165, 1.54) is 12.1 Å². The smallest absolute Gasteiger partial charge is 0.241 e. The Bertz CT molecular complexity index is 1070. The summed E-state index contributed by atoms with van der Waals surface area (Å²) in [6, 6.07) is 8.09. The summed E-state index contributed by atoms with van der Waals surface area (Å²) >= 11 is 12.2. The van der Waals surface area contributed by atoms with Gasteiger partial charge in [-0.15, -0.1) is 0 Å². The van der Waals surface area contributed by atoms with Crippen LogP contribution in [0.5, 0.6) is 5.75 Å². The van der Waals surface area contributed by atoms with Crippen LogP contribution in [0.4, 0.5) is 5.69 Å². The van der Waals surface area contributed by atoms with Crippen LogP contribution in [0.25, 0.3) is 0 Å². The molecule has 0 unspecified atom stereocenters. The van der Waals surface area contributed by atoms with E-state index in [1.54, 1.807) is 13.2 Å². The lowest BCUT2D eigenvalue weighted by Gasteiger charge is -2.25. The van der Waals surface area contributed by atoms with Crippen molar-refractivity contribution in [3.8, 4) is 5.75 Å². The van der Waals surface area contributed by atoms with E-state index < -0.39 is 22.5 Å². The Balaban J connectivity index is 2.29. The standard InChI is InChI=1S/C22H28Cl2N2O4S/c1-13(2)17-11-18(14(3)9-21(17)30-5)15(4)25-22(27)12-26(31(6,28)29)20-10-16(23)7-8-19(20)24/h7-11,13,15H,12H2,1-6H3,(H,25,27)/t15-/m0/s1. The van der Waals surface area contributed by atoms with Gasteiger partial charge in [0, 0.05) is 5.02 Å². The second-order valence-electron chi connectivity index (χ2n) is 7.76. The molecule has 170 valence electrons. The van der Waals surface area contributed by atoms with Crippen LogP contribution in [-0.4, -0.2) is 34.2 Å². The molecular formula is C22H28Cl2N2O4S. The Morgan fingerprint density at radius 3 is 2.32 bits per heavy atom. The van der Waals surface area contributed by atoms with Gasteiger partial charge >= 0.3 is 0 Å². The number of anilines is 1. The number of nitrogens with zero attached hydrogens (tertiary/aromatic N) is 1. The molecule has 0 spiro atoms. The lowest BCUT2D eigenvalue weighted by molar-refractivity contribution is -0.120. The summed E-state index contributed by atoms with van der Waals surface area (Å²) in [5, 5.41) is 3.39. The Labute approximate surface area is 194 Å². The molecule has 1 atom stereocenters. The Morgan fingerprint density at radius 2 is 1.77 bits per heavy atom. The molecule has 2 aromatic rings. The Kier molecular flexibility index (Phi) is 8.25. The third-order valence-electron chi connectivity index (χ3n) is 4.95. The van der Waals surface area contributed by atoms with Crippen molar-refractivity contribution < 1.29 is 17.9 Å². The molecule has 1 N–H and O–H groups in total. The van der Waals surface area contributed by atoms with E-state index >= 15 is 0 Å². The predicted molar refractivity (Wildman–Crippen MR) is 127 cm³/mol. The number of carbonyl (C=O) groups is 1.